The first-order chi connectivity index (χ1) is 17.7. The van der Waals surface area contributed by atoms with Crippen molar-refractivity contribution in [3.63, 3.8) is 0 Å². The van der Waals surface area contributed by atoms with Crippen LogP contribution in [0.4, 0.5) is 0 Å². The molecule has 6 rings (SSSR count). The van der Waals surface area contributed by atoms with Crippen molar-refractivity contribution in [1.29, 1.82) is 0 Å². The van der Waals surface area contributed by atoms with Crippen molar-refractivity contribution in [1.82, 2.24) is 24.4 Å². The molecule has 4 aromatic heterocycles. The number of Topliss-reactive ketones (excluding diaryl/α,β-unsaturated/α-hetero) is 1. The monoisotopic (exact) mass is 477 g/mol. The van der Waals surface area contributed by atoms with Gasteiger partial charge in [0.1, 0.15) is 5.75 Å². The number of fused-ring (bicyclic) bond motifs is 2. The zero-order chi connectivity index (χ0) is 24.6. The van der Waals surface area contributed by atoms with Gasteiger partial charge in [-0.05, 0) is 41.8 Å². The van der Waals surface area contributed by atoms with Crippen molar-refractivity contribution in [2.24, 2.45) is 0 Å². The van der Waals surface area contributed by atoms with Crippen LogP contribution in [0.5, 0.6) is 5.75 Å². The van der Waals surface area contributed by atoms with Gasteiger partial charge >= 0.3 is 0 Å². The molecule has 0 atom stereocenters. The number of hydrogen-bond acceptors (Lipinski definition) is 5. The van der Waals surface area contributed by atoms with Crippen molar-refractivity contribution in [2.75, 3.05) is 13.7 Å². The summed E-state index contributed by atoms with van der Waals surface area (Å²) >= 11 is 0. The lowest BCUT2D eigenvalue weighted by atomic mass is 9.92. The molecule has 1 N–H and O–H groups in total. The number of benzene rings is 1. The van der Waals surface area contributed by atoms with E-state index in [-0.39, 0.29) is 5.56 Å². The molecule has 1 aromatic carbocycles. The summed E-state index contributed by atoms with van der Waals surface area (Å²) in [4.78, 5) is 40.6. The second kappa shape index (κ2) is 8.81. The fourth-order valence-corrected chi connectivity index (χ4v) is 4.91. The fraction of sp³-hybridized carbons (Fsp3) is 0.143. The Morgan fingerprint density at radius 1 is 1.03 bits per heavy atom. The Labute approximate surface area is 207 Å². The maximum Gasteiger partial charge on any atom is 0.295 e. The molecule has 8 heteroatoms. The molecule has 0 unspecified atom stereocenters. The van der Waals surface area contributed by atoms with Crippen molar-refractivity contribution in [3.05, 3.63) is 96.2 Å². The third-order valence-electron chi connectivity index (χ3n) is 6.66. The lowest BCUT2D eigenvalue weighted by molar-refractivity contribution is -0.127. The van der Waals surface area contributed by atoms with Crippen LogP contribution in [0.2, 0.25) is 0 Å². The van der Waals surface area contributed by atoms with Crippen molar-refractivity contribution in [2.45, 2.75) is 13.0 Å². The molecular formula is C28H23N5O3. The Balaban J connectivity index is 1.32. The number of hydrogen-bond donors (Lipinski definition) is 1. The van der Waals surface area contributed by atoms with Gasteiger partial charge in [0.15, 0.2) is 5.82 Å². The second-order valence-electron chi connectivity index (χ2n) is 8.66. The third-order valence-corrected chi connectivity index (χ3v) is 6.66. The van der Waals surface area contributed by atoms with Crippen LogP contribution in [0, 0.1) is 0 Å². The number of carbonyl (C=O) groups excluding carboxylic acids is 2. The SMILES string of the molecule is COc1cnc(-n2cccc2)c2[nH]cc(C(=O)C(=O)N3CCc4c(cccc4-c4ccccn4)C3)c12. The van der Waals surface area contributed by atoms with E-state index in [4.69, 9.17) is 4.74 Å². The molecule has 0 bridgehead atoms. The van der Waals surface area contributed by atoms with Crippen molar-refractivity contribution < 1.29 is 14.3 Å². The predicted molar refractivity (Wildman–Crippen MR) is 135 cm³/mol. The molecule has 0 spiro atoms. The number of carbonyl (C=O) groups is 2. The zero-order valence-corrected chi connectivity index (χ0v) is 19.6. The van der Waals surface area contributed by atoms with E-state index < -0.39 is 11.7 Å². The Hall–Kier alpha value is -4.72. The summed E-state index contributed by atoms with van der Waals surface area (Å²) in [6.07, 6.45) is 9.30. The van der Waals surface area contributed by atoms with Crippen molar-refractivity contribution >= 4 is 22.6 Å². The van der Waals surface area contributed by atoms with Crippen LogP contribution in [0.15, 0.2) is 79.5 Å². The number of ether oxygens (including phenoxy) is 1. The highest BCUT2D eigenvalue weighted by Crippen LogP contribution is 2.33. The highest BCUT2D eigenvalue weighted by molar-refractivity contribution is 6.45. The van der Waals surface area contributed by atoms with Gasteiger partial charge in [-0.3, -0.25) is 14.6 Å². The first kappa shape index (κ1) is 21.8. The van der Waals surface area contributed by atoms with E-state index in [1.807, 2.05) is 59.4 Å². The maximum absolute atomic E-state index is 13.5. The molecule has 0 fully saturated rings. The molecule has 36 heavy (non-hydrogen) atoms. The minimum atomic E-state index is -0.575. The number of aromatic nitrogens is 4. The molecule has 8 nitrogen and oxygen atoms in total. The van der Waals surface area contributed by atoms with E-state index in [1.165, 1.54) is 12.7 Å². The van der Waals surface area contributed by atoms with Crippen LogP contribution in [0.1, 0.15) is 21.5 Å². The normalized spacial score (nSPS) is 13.0. The van der Waals surface area contributed by atoms with Gasteiger partial charge in [0, 0.05) is 43.4 Å². The minimum absolute atomic E-state index is 0.274. The summed E-state index contributed by atoms with van der Waals surface area (Å²) in [5.74, 6) is -0.0572. The summed E-state index contributed by atoms with van der Waals surface area (Å²) < 4.78 is 7.34. The molecule has 5 aromatic rings. The van der Waals surface area contributed by atoms with E-state index in [0.717, 1.165) is 16.8 Å². The first-order valence-electron chi connectivity index (χ1n) is 11.7. The Kier molecular flexibility index (Phi) is 5.33. The number of nitrogens with one attached hydrogen (secondary N) is 1. The predicted octanol–water partition coefficient (Wildman–Crippen LogP) is 4.19. The summed E-state index contributed by atoms with van der Waals surface area (Å²) in [5.41, 5.74) is 5.08. The Bertz CT molecular complexity index is 1590. The van der Waals surface area contributed by atoms with Crippen LogP contribution in [-0.2, 0) is 17.8 Å². The number of amides is 1. The molecule has 1 aliphatic rings. The van der Waals surface area contributed by atoms with E-state index in [1.54, 1.807) is 23.5 Å². The van der Waals surface area contributed by atoms with Gasteiger partial charge in [-0.2, -0.15) is 0 Å². The van der Waals surface area contributed by atoms with Gasteiger partial charge in [0.05, 0.1) is 35.5 Å². The molecule has 5 heterocycles. The van der Waals surface area contributed by atoms with Gasteiger partial charge in [0.2, 0.25) is 0 Å². The number of pyridine rings is 2. The Morgan fingerprint density at radius 2 is 1.89 bits per heavy atom. The molecule has 0 saturated heterocycles. The smallest absolute Gasteiger partial charge is 0.295 e. The number of aromatic amines is 1. The van der Waals surface area contributed by atoms with E-state index in [2.05, 4.69) is 21.0 Å². The topological polar surface area (TPSA) is 93.1 Å². The highest BCUT2D eigenvalue weighted by Gasteiger charge is 2.30. The van der Waals surface area contributed by atoms with E-state index in [9.17, 15) is 9.59 Å². The molecule has 1 aliphatic heterocycles. The second-order valence-corrected chi connectivity index (χ2v) is 8.66. The number of methoxy groups -OCH3 is 1. The van der Waals surface area contributed by atoms with Gasteiger partial charge < -0.3 is 19.2 Å². The minimum Gasteiger partial charge on any atom is -0.494 e. The molecule has 0 saturated carbocycles. The molecular weight excluding hydrogens is 454 g/mol. The van der Waals surface area contributed by atoms with Gasteiger partial charge in [-0.25, -0.2) is 4.98 Å². The number of rotatable bonds is 5. The third kappa shape index (κ3) is 3.54. The number of ketones is 1. The van der Waals surface area contributed by atoms with Crippen LogP contribution in [-0.4, -0.2) is 49.8 Å². The zero-order valence-electron chi connectivity index (χ0n) is 19.6. The standard InChI is InChI=1S/C28H23N5O3/c1-36-23-16-31-27(32-12-4-5-13-32)25-24(23)21(15-30-25)26(34)28(35)33-14-10-19-18(17-33)7-6-8-20(19)22-9-2-3-11-29-22/h2-9,11-13,15-16,30H,10,14,17H2,1H3. The highest BCUT2D eigenvalue weighted by atomic mass is 16.5. The molecule has 0 aliphatic carbocycles. The summed E-state index contributed by atoms with van der Waals surface area (Å²) in [6.45, 7) is 0.827. The van der Waals surface area contributed by atoms with Crippen LogP contribution >= 0.6 is 0 Å². The lowest BCUT2D eigenvalue weighted by Crippen LogP contribution is -2.40. The lowest BCUT2D eigenvalue weighted by Gasteiger charge is -2.29. The van der Waals surface area contributed by atoms with E-state index in [0.29, 0.717) is 42.0 Å². The molecule has 178 valence electrons. The average molecular weight is 478 g/mol. The Morgan fingerprint density at radius 3 is 2.67 bits per heavy atom. The van der Waals surface area contributed by atoms with Crippen LogP contribution in [0.3, 0.4) is 0 Å². The van der Waals surface area contributed by atoms with Gasteiger partial charge in [-0.15, -0.1) is 0 Å². The van der Waals surface area contributed by atoms with Crippen LogP contribution < -0.4 is 4.74 Å². The molecule has 1 amide bonds. The molecule has 0 radical (unpaired) electrons. The van der Waals surface area contributed by atoms with Gasteiger partial charge in [0.25, 0.3) is 11.7 Å². The first-order valence-corrected chi connectivity index (χ1v) is 11.7. The summed E-state index contributed by atoms with van der Waals surface area (Å²) in [6, 6.07) is 15.7. The number of nitrogens with zero attached hydrogens (tertiary/aromatic N) is 4. The van der Waals surface area contributed by atoms with Crippen molar-refractivity contribution in [3.8, 4) is 22.8 Å². The summed E-state index contributed by atoms with van der Waals surface area (Å²) in [5, 5.41) is 0.546. The maximum atomic E-state index is 13.5. The van der Waals surface area contributed by atoms with Gasteiger partial charge in [-0.1, -0.05) is 24.3 Å². The fourth-order valence-electron chi connectivity index (χ4n) is 4.91. The van der Waals surface area contributed by atoms with Crippen LogP contribution in [0.25, 0.3) is 28.0 Å². The quantitative estimate of drug-likeness (QED) is 0.303. The summed E-state index contributed by atoms with van der Waals surface area (Å²) in [7, 11) is 1.52. The number of H-pyrrole nitrogens is 1. The van der Waals surface area contributed by atoms with E-state index >= 15 is 0 Å². The average Bonchev–Trinajstić information content (AvgIpc) is 3.63. The largest absolute Gasteiger partial charge is 0.494 e.